The molecule has 1 aromatic carbocycles. The zero-order valence-corrected chi connectivity index (χ0v) is 22.2. The molecule has 4 aromatic rings. The minimum atomic E-state index is -0.190. The first-order valence-electron chi connectivity index (χ1n) is 11.3. The van der Waals surface area contributed by atoms with Crippen LogP contribution in [0, 0.1) is 5.92 Å². The molecule has 1 aliphatic heterocycles. The number of ether oxygens (including phenoxy) is 1. The molecule has 0 fully saturated rings. The predicted molar refractivity (Wildman–Crippen MR) is 142 cm³/mol. The number of hydrogen-bond donors (Lipinski definition) is 0. The Morgan fingerprint density at radius 2 is 1.88 bits per heavy atom. The molecular formula is C26H29N3OS3. The highest BCUT2D eigenvalue weighted by molar-refractivity contribution is 7.99. The summed E-state index contributed by atoms with van der Waals surface area (Å²) in [6, 6.07) is 10.6. The van der Waals surface area contributed by atoms with Crippen molar-refractivity contribution in [3.8, 4) is 0 Å². The first-order valence-corrected chi connectivity index (χ1v) is 14.4. The molecule has 0 unspecified atom stereocenters. The lowest BCUT2D eigenvalue weighted by Crippen LogP contribution is -2.33. The summed E-state index contributed by atoms with van der Waals surface area (Å²) in [6.07, 6.45) is 3.89. The third-order valence-electron chi connectivity index (χ3n) is 5.93. The van der Waals surface area contributed by atoms with E-state index >= 15 is 0 Å². The van der Waals surface area contributed by atoms with Gasteiger partial charge in [0.15, 0.2) is 5.16 Å². The van der Waals surface area contributed by atoms with Gasteiger partial charge in [0.25, 0.3) is 0 Å². The lowest BCUT2D eigenvalue weighted by Gasteiger charge is -2.33. The van der Waals surface area contributed by atoms with E-state index in [0.29, 0.717) is 12.5 Å². The summed E-state index contributed by atoms with van der Waals surface area (Å²) < 4.78 is 7.39. The number of benzene rings is 1. The van der Waals surface area contributed by atoms with Gasteiger partial charge in [-0.3, -0.25) is 0 Å². The zero-order valence-electron chi connectivity index (χ0n) is 19.8. The maximum atomic E-state index is 6.23. The molecule has 0 saturated heterocycles. The normalized spacial score (nSPS) is 15.5. The van der Waals surface area contributed by atoms with Crippen LogP contribution in [0.2, 0.25) is 0 Å². The van der Waals surface area contributed by atoms with Gasteiger partial charge in [0.05, 0.1) is 22.4 Å². The van der Waals surface area contributed by atoms with E-state index in [1.165, 1.54) is 27.8 Å². The van der Waals surface area contributed by atoms with E-state index in [9.17, 15) is 0 Å². The summed E-state index contributed by atoms with van der Waals surface area (Å²) in [6.45, 7) is 9.50. The fourth-order valence-electron chi connectivity index (χ4n) is 4.37. The molecule has 0 bridgehead atoms. The molecule has 172 valence electrons. The van der Waals surface area contributed by atoms with Crippen molar-refractivity contribution in [2.45, 2.75) is 68.7 Å². The highest BCUT2D eigenvalue weighted by Gasteiger charge is 2.32. The molecule has 0 atom stereocenters. The van der Waals surface area contributed by atoms with Gasteiger partial charge in [-0.15, -0.1) is 23.1 Å². The highest BCUT2D eigenvalue weighted by atomic mass is 32.2. The maximum absolute atomic E-state index is 6.23. The van der Waals surface area contributed by atoms with Crippen LogP contribution in [0.25, 0.3) is 20.4 Å². The molecule has 4 heterocycles. The van der Waals surface area contributed by atoms with Crippen LogP contribution in [-0.2, 0) is 29.9 Å². The minimum absolute atomic E-state index is 0.190. The average Bonchev–Trinajstić information content (AvgIpc) is 3.15. The van der Waals surface area contributed by atoms with E-state index in [0.717, 1.165) is 43.8 Å². The van der Waals surface area contributed by atoms with Crippen molar-refractivity contribution in [2.75, 3.05) is 6.26 Å². The Morgan fingerprint density at radius 3 is 2.61 bits per heavy atom. The van der Waals surface area contributed by atoms with Crippen LogP contribution in [-0.4, -0.2) is 26.8 Å². The molecule has 0 saturated carbocycles. The van der Waals surface area contributed by atoms with Gasteiger partial charge in [0.1, 0.15) is 9.86 Å². The minimum Gasteiger partial charge on any atom is -0.370 e. The van der Waals surface area contributed by atoms with Crippen LogP contribution in [0.4, 0.5) is 0 Å². The molecule has 0 N–H and O–H groups in total. The first kappa shape index (κ1) is 23.1. The number of aromatic nitrogens is 3. The number of thiophene rings is 1. The summed E-state index contributed by atoms with van der Waals surface area (Å²) in [5.41, 5.74) is 6.01. The molecule has 5 rings (SSSR count). The van der Waals surface area contributed by atoms with Gasteiger partial charge in [0.2, 0.25) is 0 Å². The second-order valence-corrected chi connectivity index (χ2v) is 12.3. The van der Waals surface area contributed by atoms with E-state index in [-0.39, 0.29) is 5.60 Å². The van der Waals surface area contributed by atoms with Gasteiger partial charge in [-0.25, -0.2) is 15.0 Å². The van der Waals surface area contributed by atoms with Gasteiger partial charge >= 0.3 is 0 Å². The number of rotatable bonds is 6. The molecule has 0 radical (unpaired) electrons. The summed E-state index contributed by atoms with van der Waals surface area (Å²) in [5, 5.41) is 3.10. The molecular weight excluding hydrogens is 467 g/mol. The zero-order chi connectivity index (χ0) is 23.2. The Labute approximate surface area is 208 Å². The Bertz CT molecular complexity index is 1320. The largest absolute Gasteiger partial charge is 0.370 e. The molecule has 0 aliphatic carbocycles. The van der Waals surface area contributed by atoms with Crippen molar-refractivity contribution in [3.05, 3.63) is 52.7 Å². The third-order valence-corrected chi connectivity index (χ3v) is 8.73. The Hall–Kier alpha value is -1.67. The highest BCUT2D eigenvalue weighted by Crippen LogP contribution is 2.44. The smallest absolute Gasteiger partial charge is 0.189 e. The van der Waals surface area contributed by atoms with Crippen LogP contribution in [0.3, 0.4) is 0 Å². The second-order valence-electron chi connectivity index (χ2n) is 9.59. The molecule has 7 heteroatoms. The summed E-state index contributed by atoms with van der Waals surface area (Å²) in [5.74, 6) is 1.43. The summed E-state index contributed by atoms with van der Waals surface area (Å²) >= 11 is 5.15. The van der Waals surface area contributed by atoms with E-state index in [4.69, 9.17) is 19.7 Å². The van der Waals surface area contributed by atoms with Crippen LogP contribution in [0.15, 0.2) is 40.5 Å². The van der Waals surface area contributed by atoms with Gasteiger partial charge < -0.3 is 4.74 Å². The van der Waals surface area contributed by atoms with Crippen molar-refractivity contribution in [3.63, 3.8) is 0 Å². The van der Waals surface area contributed by atoms with Gasteiger partial charge in [-0.05, 0) is 43.6 Å². The second kappa shape index (κ2) is 9.17. The summed E-state index contributed by atoms with van der Waals surface area (Å²) in [7, 11) is 0. The van der Waals surface area contributed by atoms with Crippen molar-refractivity contribution >= 4 is 55.3 Å². The van der Waals surface area contributed by atoms with Crippen LogP contribution in [0.5, 0.6) is 0 Å². The van der Waals surface area contributed by atoms with E-state index in [1.54, 1.807) is 34.9 Å². The van der Waals surface area contributed by atoms with Crippen molar-refractivity contribution < 1.29 is 4.74 Å². The number of fused-ring (bicyclic) bond motifs is 5. The fraction of sp³-hybridized carbons (Fsp3) is 0.423. The van der Waals surface area contributed by atoms with Crippen molar-refractivity contribution in [1.29, 1.82) is 0 Å². The molecule has 33 heavy (non-hydrogen) atoms. The average molecular weight is 496 g/mol. The first-order chi connectivity index (χ1) is 15.8. The quantitative estimate of drug-likeness (QED) is 0.159. The van der Waals surface area contributed by atoms with Crippen LogP contribution < -0.4 is 0 Å². The summed E-state index contributed by atoms with van der Waals surface area (Å²) in [4.78, 5) is 16.2. The molecule has 1 aliphatic rings. The van der Waals surface area contributed by atoms with E-state index in [1.807, 2.05) is 6.26 Å². The van der Waals surface area contributed by atoms with Gasteiger partial charge in [0, 0.05) is 28.8 Å². The number of nitrogens with zero attached hydrogens (tertiary/aromatic N) is 3. The molecule has 3 aromatic heterocycles. The molecule has 0 spiro atoms. The maximum Gasteiger partial charge on any atom is 0.189 e. The Balaban J connectivity index is 1.71. The van der Waals surface area contributed by atoms with Crippen LogP contribution in [0.1, 0.15) is 50.1 Å². The number of pyridine rings is 1. The lowest BCUT2D eigenvalue weighted by atomic mass is 9.88. The third kappa shape index (κ3) is 4.65. The molecule has 0 amide bonds. The molecule has 4 nitrogen and oxygen atoms in total. The number of hydrogen-bond acceptors (Lipinski definition) is 7. The lowest BCUT2D eigenvalue weighted by molar-refractivity contribution is -0.0402. The SMILES string of the molecule is CSc1nc(SCc2ccccc2)c2sc3nc(CC(C)C)c4c(c3c2n1)CC(C)(C)OC4. The Morgan fingerprint density at radius 1 is 1.09 bits per heavy atom. The van der Waals surface area contributed by atoms with Gasteiger partial charge in [-0.2, -0.15) is 0 Å². The Kier molecular flexibility index (Phi) is 6.42. The van der Waals surface area contributed by atoms with Crippen molar-refractivity contribution in [2.24, 2.45) is 5.92 Å². The van der Waals surface area contributed by atoms with E-state index in [2.05, 4.69) is 58.0 Å². The monoisotopic (exact) mass is 495 g/mol. The fourth-order valence-corrected chi connectivity index (χ4v) is 7.01. The van der Waals surface area contributed by atoms with Gasteiger partial charge in [-0.1, -0.05) is 55.9 Å². The predicted octanol–water partition coefficient (Wildman–Crippen LogP) is 7.30. The van der Waals surface area contributed by atoms with Crippen LogP contribution >= 0.6 is 34.9 Å². The van der Waals surface area contributed by atoms with E-state index < -0.39 is 0 Å². The number of thioether (sulfide) groups is 2. The standard InChI is InChI=1S/C26H29N3OS3/c1-15(2)11-19-18-13-30-26(3,4)12-17(18)20-21-22(33-23(20)27-19)24(29-25(28-21)31-5)32-14-16-9-7-6-8-10-16/h6-10,15H,11-14H2,1-5H3. The topological polar surface area (TPSA) is 47.9 Å². The van der Waals surface area contributed by atoms with Crippen molar-refractivity contribution in [1.82, 2.24) is 15.0 Å².